The highest BCUT2D eigenvalue weighted by atomic mass is 16.5. The highest BCUT2D eigenvalue weighted by Gasteiger charge is 2.13. The minimum Gasteiger partial charge on any atom is -0.494 e. The Morgan fingerprint density at radius 3 is 2.56 bits per heavy atom. The molecule has 0 aromatic heterocycles. The summed E-state index contributed by atoms with van der Waals surface area (Å²) in [5.41, 5.74) is 0.839. The number of hydrogen-bond donors (Lipinski definition) is 2. The summed E-state index contributed by atoms with van der Waals surface area (Å²) >= 11 is 0. The lowest BCUT2D eigenvalue weighted by atomic mass is 10.1. The number of hydrogen-bond acceptors (Lipinski definition) is 3. The van der Waals surface area contributed by atoms with Gasteiger partial charge in [-0.2, -0.15) is 0 Å². The summed E-state index contributed by atoms with van der Waals surface area (Å²) < 4.78 is 5.62. The molecule has 0 aliphatic rings. The van der Waals surface area contributed by atoms with Gasteiger partial charge in [-0.25, -0.2) is 4.79 Å². The average Bonchev–Trinajstić information content (AvgIpc) is 2.62. The van der Waals surface area contributed by atoms with Crippen LogP contribution in [0.2, 0.25) is 0 Å². The van der Waals surface area contributed by atoms with Crippen LogP contribution in [-0.2, 0) is 4.79 Å². The summed E-state index contributed by atoms with van der Waals surface area (Å²) in [7, 11) is 0. The quantitative estimate of drug-likeness (QED) is 0.568. The highest BCUT2D eigenvalue weighted by Crippen LogP contribution is 2.16. The van der Waals surface area contributed by atoms with E-state index in [9.17, 15) is 14.7 Å². The van der Waals surface area contributed by atoms with Crippen LogP contribution in [0.1, 0.15) is 35.7 Å². The van der Waals surface area contributed by atoms with Crippen molar-refractivity contribution in [3.05, 3.63) is 71.4 Å². The molecular weight excluding hydrogens is 318 g/mol. The fourth-order valence-electron chi connectivity index (χ4n) is 2.13. The average molecular weight is 339 g/mol. The third kappa shape index (κ3) is 5.80. The molecular formula is C20H21NO4. The lowest BCUT2D eigenvalue weighted by molar-refractivity contribution is -0.132. The summed E-state index contributed by atoms with van der Waals surface area (Å²) in [5, 5.41) is 11.8. The molecule has 0 aliphatic heterocycles. The third-order valence-electron chi connectivity index (χ3n) is 3.45. The van der Waals surface area contributed by atoms with Crippen molar-refractivity contribution in [3.8, 4) is 5.75 Å². The predicted octanol–water partition coefficient (Wildman–Crippen LogP) is 3.72. The zero-order valence-corrected chi connectivity index (χ0v) is 14.1. The molecule has 2 aromatic carbocycles. The van der Waals surface area contributed by atoms with Crippen molar-refractivity contribution in [2.75, 3.05) is 6.61 Å². The number of carbonyl (C=O) groups excluding carboxylic acids is 1. The van der Waals surface area contributed by atoms with Crippen LogP contribution in [0.4, 0.5) is 0 Å². The van der Waals surface area contributed by atoms with E-state index in [4.69, 9.17) is 4.74 Å². The molecule has 0 radical (unpaired) electrons. The van der Waals surface area contributed by atoms with Crippen LogP contribution in [0.15, 0.2) is 60.3 Å². The molecule has 2 N–H and O–H groups in total. The van der Waals surface area contributed by atoms with E-state index in [1.54, 1.807) is 48.5 Å². The molecule has 0 aliphatic carbocycles. The summed E-state index contributed by atoms with van der Waals surface area (Å²) in [6.45, 7) is 2.69. The standard InChI is InChI=1S/C20H21NO4/c1-2-3-12-25-17-11-7-8-15(13-17)14-18(20(23)24)21-19(22)16-9-5-4-6-10-16/h4-11,13-14H,2-3,12H2,1H3,(H,21,22)(H,23,24)/b18-14+. The highest BCUT2D eigenvalue weighted by molar-refractivity contribution is 6.02. The molecule has 0 fully saturated rings. The van der Waals surface area contributed by atoms with Gasteiger partial charge >= 0.3 is 5.97 Å². The van der Waals surface area contributed by atoms with Gasteiger partial charge in [-0.15, -0.1) is 0 Å². The number of carboxylic acids is 1. The first kappa shape index (κ1) is 18.3. The van der Waals surface area contributed by atoms with Gasteiger partial charge in [0.1, 0.15) is 11.4 Å². The topological polar surface area (TPSA) is 75.6 Å². The second-order valence-corrected chi connectivity index (χ2v) is 5.46. The zero-order valence-electron chi connectivity index (χ0n) is 14.1. The van der Waals surface area contributed by atoms with Crippen molar-refractivity contribution >= 4 is 18.0 Å². The normalized spacial score (nSPS) is 11.0. The van der Waals surface area contributed by atoms with E-state index in [1.807, 2.05) is 6.07 Å². The number of benzene rings is 2. The maximum absolute atomic E-state index is 12.2. The van der Waals surface area contributed by atoms with E-state index in [1.165, 1.54) is 6.08 Å². The third-order valence-corrected chi connectivity index (χ3v) is 3.45. The second-order valence-electron chi connectivity index (χ2n) is 5.46. The number of rotatable bonds is 8. The van der Waals surface area contributed by atoms with Crippen LogP contribution in [-0.4, -0.2) is 23.6 Å². The van der Waals surface area contributed by atoms with Gasteiger partial charge in [0, 0.05) is 5.56 Å². The Hall–Kier alpha value is -3.08. The maximum atomic E-state index is 12.2. The van der Waals surface area contributed by atoms with Crippen LogP contribution >= 0.6 is 0 Å². The van der Waals surface area contributed by atoms with Crippen molar-refractivity contribution in [2.45, 2.75) is 19.8 Å². The SMILES string of the molecule is CCCCOc1cccc(/C=C(/NC(=O)c2ccccc2)C(=O)O)c1. The molecule has 0 atom stereocenters. The number of nitrogens with one attached hydrogen (secondary N) is 1. The van der Waals surface area contributed by atoms with E-state index in [2.05, 4.69) is 12.2 Å². The van der Waals surface area contributed by atoms with Gasteiger partial charge in [0.15, 0.2) is 0 Å². The van der Waals surface area contributed by atoms with Crippen LogP contribution in [0.3, 0.4) is 0 Å². The first-order valence-corrected chi connectivity index (χ1v) is 8.14. The van der Waals surface area contributed by atoms with Gasteiger partial charge in [0.25, 0.3) is 5.91 Å². The molecule has 0 saturated carbocycles. The molecule has 5 nitrogen and oxygen atoms in total. The van der Waals surface area contributed by atoms with Gasteiger partial charge in [0.05, 0.1) is 6.61 Å². The Morgan fingerprint density at radius 1 is 1.12 bits per heavy atom. The van der Waals surface area contributed by atoms with Gasteiger partial charge in [-0.1, -0.05) is 43.7 Å². The zero-order chi connectivity index (χ0) is 18.1. The van der Waals surface area contributed by atoms with Crippen molar-refractivity contribution in [1.29, 1.82) is 0 Å². The van der Waals surface area contributed by atoms with E-state index in [-0.39, 0.29) is 5.70 Å². The second kappa shape index (κ2) is 9.27. The monoisotopic (exact) mass is 339 g/mol. The summed E-state index contributed by atoms with van der Waals surface area (Å²) in [6.07, 6.45) is 3.40. The number of carboxylic acid groups (broad SMARTS) is 1. The van der Waals surface area contributed by atoms with E-state index >= 15 is 0 Å². The Kier molecular flexibility index (Phi) is 6.77. The summed E-state index contributed by atoms with van der Waals surface area (Å²) in [6, 6.07) is 15.6. The summed E-state index contributed by atoms with van der Waals surface area (Å²) in [4.78, 5) is 23.6. The summed E-state index contributed by atoms with van der Waals surface area (Å²) in [5.74, 6) is -1.01. The van der Waals surface area contributed by atoms with E-state index < -0.39 is 11.9 Å². The number of amides is 1. The Balaban J connectivity index is 2.15. The Morgan fingerprint density at radius 2 is 1.88 bits per heavy atom. The molecule has 2 rings (SSSR count). The minimum absolute atomic E-state index is 0.195. The van der Waals surface area contributed by atoms with Gasteiger partial charge in [-0.3, -0.25) is 4.79 Å². The molecule has 0 saturated heterocycles. The number of carbonyl (C=O) groups is 2. The van der Waals surface area contributed by atoms with Crippen molar-refractivity contribution in [1.82, 2.24) is 5.32 Å². The molecule has 5 heteroatoms. The van der Waals surface area contributed by atoms with Crippen LogP contribution in [0.5, 0.6) is 5.75 Å². The first-order chi connectivity index (χ1) is 12.1. The number of aliphatic carboxylic acids is 1. The molecule has 0 bridgehead atoms. The smallest absolute Gasteiger partial charge is 0.352 e. The molecule has 0 unspecified atom stereocenters. The van der Waals surface area contributed by atoms with Gasteiger partial charge in [0.2, 0.25) is 0 Å². The van der Waals surface area contributed by atoms with Crippen LogP contribution in [0.25, 0.3) is 6.08 Å². The van der Waals surface area contributed by atoms with E-state index in [0.29, 0.717) is 23.5 Å². The Bertz CT molecular complexity index is 753. The fourth-order valence-corrected chi connectivity index (χ4v) is 2.13. The van der Waals surface area contributed by atoms with Crippen molar-refractivity contribution < 1.29 is 19.4 Å². The molecule has 0 heterocycles. The van der Waals surface area contributed by atoms with Crippen molar-refractivity contribution in [3.63, 3.8) is 0 Å². The first-order valence-electron chi connectivity index (χ1n) is 8.14. The molecule has 2 aromatic rings. The van der Waals surface area contributed by atoms with Gasteiger partial charge < -0.3 is 15.2 Å². The lowest BCUT2D eigenvalue weighted by Gasteiger charge is -2.08. The predicted molar refractivity (Wildman–Crippen MR) is 96.4 cm³/mol. The van der Waals surface area contributed by atoms with Crippen LogP contribution < -0.4 is 10.1 Å². The van der Waals surface area contributed by atoms with Crippen LogP contribution in [0, 0.1) is 0 Å². The lowest BCUT2D eigenvalue weighted by Crippen LogP contribution is -2.27. The number of unbranched alkanes of at least 4 members (excludes halogenated alkanes) is 1. The van der Waals surface area contributed by atoms with E-state index in [0.717, 1.165) is 12.8 Å². The number of ether oxygens (including phenoxy) is 1. The molecule has 0 spiro atoms. The maximum Gasteiger partial charge on any atom is 0.352 e. The van der Waals surface area contributed by atoms with Crippen molar-refractivity contribution in [2.24, 2.45) is 0 Å². The molecule has 25 heavy (non-hydrogen) atoms. The molecule has 1 amide bonds. The van der Waals surface area contributed by atoms with Gasteiger partial charge in [-0.05, 0) is 42.3 Å². The fraction of sp³-hybridized carbons (Fsp3) is 0.200. The minimum atomic E-state index is -1.21. The molecule has 130 valence electrons. The largest absolute Gasteiger partial charge is 0.494 e. The Labute approximate surface area is 146 Å².